The van der Waals surface area contributed by atoms with Crippen molar-refractivity contribution in [3.63, 3.8) is 0 Å². The van der Waals surface area contributed by atoms with Gasteiger partial charge in [0.2, 0.25) is 0 Å². The zero-order valence-electron chi connectivity index (χ0n) is 12.7. The Morgan fingerprint density at radius 3 is 2.33 bits per heavy atom. The van der Waals surface area contributed by atoms with E-state index in [9.17, 15) is 18.0 Å². The molecule has 1 unspecified atom stereocenters. The van der Waals surface area contributed by atoms with Crippen LogP contribution < -0.4 is 15.3 Å². The quantitative estimate of drug-likeness (QED) is 0.631. The standard InChI is InChI=1S/C15H14BF3N4O/c17-15(18,19)13(11-4-2-1-3-5-11)21-22-14(24)12-6-8-23(9-7-12)16-10-20/h1-9,13,21H,16H2,(H,22,24). The SMILES string of the molecule is N#C[BH2-][n+]1ccc(C(=O)NNC(c2ccccc2)C(F)(F)F)cc1. The lowest BCUT2D eigenvalue weighted by atomic mass is 9.98. The Kier molecular flexibility index (Phi) is 5.55. The fraction of sp³-hybridized carbons (Fsp3) is 0.133. The molecule has 0 spiro atoms. The van der Waals surface area contributed by atoms with Crippen molar-refractivity contribution in [2.24, 2.45) is 0 Å². The van der Waals surface area contributed by atoms with Crippen LogP contribution in [0.5, 0.6) is 0 Å². The average Bonchev–Trinajstić information content (AvgIpc) is 2.55. The molecule has 124 valence electrons. The van der Waals surface area contributed by atoms with Gasteiger partial charge in [-0.1, -0.05) is 36.3 Å². The van der Waals surface area contributed by atoms with E-state index in [-0.39, 0.29) is 11.1 Å². The average molecular weight is 334 g/mol. The lowest BCUT2D eigenvalue weighted by Crippen LogP contribution is -2.46. The van der Waals surface area contributed by atoms with Gasteiger partial charge < -0.3 is 4.48 Å². The van der Waals surface area contributed by atoms with E-state index in [1.165, 1.54) is 36.4 Å². The Morgan fingerprint density at radius 2 is 1.79 bits per heavy atom. The van der Waals surface area contributed by atoms with Crippen LogP contribution in [0.1, 0.15) is 22.0 Å². The second-order valence-electron chi connectivity index (χ2n) is 5.18. The largest absolute Gasteiger partial charge is 0.420 e. The highest BCUT2D eigenvalue weighted by Gasteiger charge is 2.41. The second-order valence-corrected chi connectivity index (χ2v) is 5.18. The lowest BCUT2D eigenvalue weighted by molar-refractivity contribution is -0.527. The summed E-state index contributed by atoms with van der Waals surface area (Å²) >= 11 is 0. The van der Waals surface area contributed by atoms with Gasteiger partial charge in [-0.15, -0.1) is 0 Å². The van der Waals surface area contributed by atoms with Gasteiger partial charge in [0.25, 0.3) is 5.91 Å². The number of nitrogens with zero attached hydrogens (tertiary/aromatic N) is 2. The Morgan fingerprint density at radius 1 is 1.17 bits per heavy atom. The van der Waals surface area contributed by atoms with Crippen LogP contribution in [0.4, 0.5) is 13.2 Å². The third-order valence-electron chi connectivity index (χ3n) is 3.39. The van der Waals surface area contributed by atoms with Crippen LogP contribution >= 0.6 is 0 Å². The van der Waals surface area contributed by atoms with Gasteiger partial charge in [-0.25, -0.2) is 10.7 Å². The molecule has 0 aliphatic carbocycles. The molecule has 1 amide bonds. The van der Waals surface area contributed by atoms with Gasteiger partial charge in [-0.2, -0.15) is 13.2 Å². The number of nitriles is 1. The fourth-order valence-corrected chi connectivity index (χ4v) is 2.13. The van der Waals surface area contributed by atoms with Crippen LogP contribution in [0.25, 0.3) is 0 Å². The highest BCUT2D eigenvalue weighted by Crippen LogP contribution is 2.31. The van der Waals surface area contributed by atoms with Crippen molar-refractivity contribution in [2.75, 3.05) is 0 Å². The number of hydrazine groups is 1. The van der Waals surface area contributed by atoms with Crippen LogP contribution in [0.3, 0.4) is 0 Å². The molecular formula is C15H14BF3N4O. The van der Waals surface area contributed by atoms with E-state index >= 15 is 0 Å². The van der Waals surface area contributed by atoms with Crippen molar-refractivity contribution in [1.82, 2.24) is 10.9 Å². The summed E-state index contributed by atoms with van der Waals surface area (Å²) < 4.78 is 41.1. The first kappa shape index (κ1) is 17.5. The number of carbonyl (C=O) groups is 1. The molecule has 0 aliphatic heterocycles. The predicted molar refractivity (Wildman–Crippen MR) is 82.0 cm³/mol. The summed E-state index contributed by atoms with van der Waals surface area (Å²) in [5, 5.41) is 8.62. The van der Waals surface area contributed by atoms with Crippen molar-refractivity contribution in [1.29, 1.82) is 5.26 Å². The van der Waals surface area contributed by atoms with E-state index in [2.05, 4.69) is 11.4 Å². The van der Waals surface area contributed by atoms with E-state index in [1.54, 1.807) is 22.9 Å². The smallest absolute Gasteiger partial charge is 0.409 e. The molecule has 0 saturated heterocycles. The zero-order valence-corrected chi connectivity index (χ0v) is 12.7. The molecule has 9 heteroatoms. The summed E-state index contributed by atoms with van der Waals surface area (Å²) in [7, 11) is -0.973. The van der Waals surface area contributed by atoms with E-state index in [1.807, 2.05) is 5.43 Å². The van der Waals surface area contributed by atoms with Gasteiger partial charge in [0.1, 0.15) is 18.4 Å². The molecule has 1 heterocycles. The van der Waals surface area contributed by atoms with Gasteiger partial charge in [0.05, 0.1) is 5.56 Å². The monoisotopic (exact) mass is 334 g/mol. The number of aromatic nitrogens is 1. The Balaban J connectivity index is 2.06. The molecule has 2 rings (SSSR count). The molecule has 2 aromatic rings. The van der Waals surface area contributed by atoms with E-state index in [4.69, 9.17) is 5.26 Å². The van der Waals surface area contributed by atoms with E-state index < -0.39 is 25.5 Å². The van der Waals surface area contributed by atoms with Crippen molar-refractivity contribution in [3.05, 3.63) is 66.0 Å². The van der Waals surface area contributed by atoms with Gasteiger partial charge in [-0.05, 0) is 5.56 Å². The van der Waals surface area contributed by atoms with E-state index in [0.717, 1.165) is 0 Å². The molecule has 5 nitrogen and oxygen atoms in total. The van der Waals surface area contributed by atoms with Crippen LogP contribution in [-0.2, 0) is 0 Å². The maximum atomic E-state index is 13.2. The normalized spacial score (nSPS) is 12.2. The lowest BCUT2D eigenvalue weighted by Gasteiger charge is -2.22. The van der Waals surface area contributed by atoms with Gasteiger partial charge in [-0.3, -0.25) is 10.2 Å². The first-order chi connectivity index (χ1) is 11.4. The highest BCUT2D eigenvalue weighted by atomic mass is 19.4. The summed E-state index contributed by atoms with van der Waals surface area (Å²) in [6, 6.07) is 8.13. The first-order valence-corrected chi connectivity index (χ1v) is 7.23. The third-order valence-corrected chi connectivity index (χ3v) is 3.39. The highest BCUT2D eigenvalue weighted by molar-refractivity contribution is 6.35. The zero-order chi connectivity index (χ0) is 17.6. The molecule has 0 radical (unpaired) electrons. The van der Waals surface area contributed by atoms with Crippen molar-refractivity contribution < 1.29 is 22.4 Å². The number of amides is 1. The minimum absolute atomic E-state index is 0.00405. The molecule has 2 N–H and O–H groups in total. The number of rotatable bonds is 5. The molecule has 0 aliphatic rings. The molecule has 1 aromatic carbocycles. The number of hydrogen-bond donors (Lipinski definition) is 2. The third kappa shape index (κ3) is 4.57. The van der Waals surface area contributed by atoms with Crippen molar-refractivity contribution >= 4 is 13.3 Å². The number of halogens is 3. The number of hydrogen-bond acceptors (Lipinski definition) is 3. The fourth-order valence-electron chi connectivity index (χ4n) is 2.13. The molecule has 0 bridgehead atoms. The summed E-state index contributed by atoms with van der Waals surface area (Å²) in [6.07, 6.45) is -1.46. The number of benzene rings is 1. The van der Waals surface area contributed by atoms with Crippen LogP contribution in [0.15, 0.2) is 54.9 Å². The number of carbonyl (C=O) groups excluding carboxylic acids is 1. The number of alkyl halides is 3. The molecule has 1 aromatic heterocycles. The van der Waals surface area contributed by atoms with Gasteiger partial charge >= 0.3 is 13.6 Å². The molecule has 0 saturated carbocycles. The Labute approximate surface area is 137 Å². The van der Waals surface area contributed by atoms with Gasteiger partial charge in [0.15, 0.2) is 0 Å². The Hall–Kier alpha value is -2.86. The molecule has 0 fully saturated rings. The number of pyridine rings is 1. The van der Waals surface area contributed by atoms with E-state index in [0.29, 0.717) is 0 Å². The van der Waals surface area contributed by atoms with Crippen LogP contribution in [0, 0.1) is 11.2 Å². The predicted octanol–water partition coefficient (Wildman–Crippen LogP) is 0.925. The number of nitrogens with one attached hydrogen (secondary N) is 2. The maximum Gasteiger partial charge on any atom is 0.409 e. The van der Waals surface area contributed by atoms with Crippen LogP contribution in [0.2, 0.25) is 0 Å². The van der Waals surface area contributed by atoms with Crippen LogP contribution in [-0.4, -0.2) is 19.5 Å². The summed E-state index contributed by atoms with van der Waals surface area (Å²) in [4.78, 5) is 12.0. The topological polar surface area (TPSA) is 68.8 Å². The first-order valence-electron chi connectivity index (χ1n) is 7.23. The van der Waals surface area contributed by atoms with Gasteiger partial charge in [0, 0.05) is 12.1 Å². The minimum atomic E-state index is -4.56. The summed E-state index contributed by atoms with van der Waals surface area (Å²) in [5.74, 6) is 1.37. The summed E-state index contributed by atoms with van der Waals surface area (Å²) in [5.41, 5.74) is 4.31. The molecule has 1 atom stereocenters. The Bertz CT molecular complexity index is 729. The molecule has 24 heavy (non-hydrogen) atoms. The molecular weight excluding hydrogens is 320 g/mol. The summed E-state index contributed by atoms with van der Waals surface area (Å²) in [6.45, 7) is 0. The minimum Gasteiger partial charge on any atom is -0.420 e. The second kappa shape index (κ2) is 7.61. The maximum absolute atomic E-state index is 13.2. The van der Waals surface area contributed by atoms with Crippen molar-refractivity contribution in [2.45, 2.75) is 12.2 Å². The van der Waals surface area contributed by atoms with Crippen molar-refractivity contribution in [3.8, 4) is 5.97 Å².